The number of likely N-dealkylation sites (N-methyl/N-ethyl adjacent to an activating group) is 1. The van der Waals surface area contributed by atoms with Crippen molar-refractivity contribution in [3.63, 3.8) is 0 Å². The largest absolute Gasteiger partial charge is 0.458 e. The van der Waals surface area contributed by atoms with Crippen molar-refractivity contribution in [2.45, 2.75) is 13.0 Å². The number of carbonyl (C=O) groups is 2. The first kappa shape index (κ1) is 21.8. The zero-order valence-electron chi connectivity index (χ0n) is 18.6. The van der Waals surface area contributed by atoms with Gasteiger partial charge in [0, 0.05) is 12.6 Å². The molecule has 0 saturated carbocycles. The second-order valence-electron chi connectivity index (χ2n) is 7.96. The number of fused-ring (bicyclic) bond motifs is 2. The van der Waals surface area contributed by atoms with Crippen molar-refractivity contribution in [2.24, 2.45) is 4.99 Å². The number of benzene rings is 2. The number of anilines is 1. The molecule has 3 aromatic rings. The third-order valence-corrected chi connectivity index (χ3v) is 7.00. The number of ether oxygens (including phenoxy) is 1. The van der Waals surface area contributed by atoms with E-state index in [0.29, 0.717) is 26.2 Å². The molecule has 2 aliphatic heterocycles. The van der Waals surface area contributed by atoms with Crippen molar-refractivity contribution in [1.29, 1.82) is 0 Å². The highest BCUT2D eigenvalue weighted by Crippen LogP contribution is 2.34. The third kappa shape index (κ3) is 3.26. The van der Waals surface area contributed by atoms with Crippen LogP contribution >= 0.6 is 11.3 Å². The van der Waals surface area contributed by atoms with E-state index in [1.165, 1.54) is 10.6 Å². The Hall–Kier alpha value is -4.04. The van der Waals surface area contributed by atoms with Crippen LogP contribution in [-0.2, 0) is 14.3 Å². The number of hydrogen-bond donors (Lipinski definition) is 0. The summed E-state index contributed by atoms with van der Waals surface area (Å²) in [7, 11) is 1.69. The summed E-state index contributed by atoms with van der Waals surface area (Å²) in [4.78, 5) is 46.6. The minimum absolute atomic E-state index is 0.0450. The Balaban J connectivity index is 1.81. The molecule has 1 unspecified atom stereocenters. The quantitative estimate of drug-likeness (QED) is 0.432. The lowest BCUT2D eigenvalue weighted by atomic mass is 9.96. The molecule has 8 heteroatoms. The molecular formula is C26H21N3O4S. The first-order valence-electron chi connectivity index (χ1n) is 10.7. The molecule has 170 valence electrons. The van der Waals surface area contributed by atoms with E-state index >= 15 is 0 Å². The van der Waals surface area contributed by atoms with E-state index in [1.54, 1.807) is 18.9 Å². The number of para-hydroxylation sites is 1. The molecule has 1 aromatic heterocycles. The van der Waals surface area contributed by atoms with Crippen molar-refractivity contribution < 1.29 is 14.3 Å². The number of hydrogen-bond acceptors (Lipinski definition) is 6. The molecule has 0 N–H and O–H groups in total. The summed E-state index contributed by atoms with van der Waals surface area (Å²) in [6.45, 7) is 5.37. The van der Waals surface area contributed by atoms with Gasteiger partial charge in [-0.3, -0.25) is 14.2 Å². The fraction of sp³-hybridized carbons (Fsp3) is 0.154. The molecule has 5 rings (SSSR count). The molecule has 1 amide bonds. The normalized spacial score (nSPS) is 18.4. The number of aromatic nitrogens is 1. The molecule has 7 nitrogen and oxygen atoms in total. The van der Waals surface area contributed by atoms with Gasteiger partial charge in [-0.05, 0) is 18.6 Å². The molecule has 0 bridgehead atoms. The average molecular weight is 472 g/mol. The Labute approximate surface area is 199 Å². The maximum Gasteiger partial charge on any atom is 0.338 e. The van der Waals surface area contributed by atoms with Gasteiger partial charge in [0.1, 0.15) is 11.1 Å². The molecule has 1 atom stereocenters. The molecule has 0 spiro atoms. The number of nitrogens with zero attached hydrogens (tertiary/aromatic N) is 3. The minimum Gasteiger partial charge on any atom is -0.458 e. The molecule has 0 aliphatic carbocycles. The Morgan fingerprint density at radius 1 is 1.15 bits per heavy atom. The fourth-order valence-corrected chi connectivity index (χ4v) is 5.52. The van der Waals surface area contributed by atoms with Crippen molar-refractivity contribution in [3.8, 4) is 0 Å². The van der Waals surface area contributed by atoms with Crippen LogP contribution in [0.25, 0.3) is 5.57 Å². The van der Waals surface area contributed by atoms with Crippen molar-refractivity contribution in [3.05, 3.63) is 109 Å². The highest BCUT2D eigenvalue weighted by molar-refractivity contribution is 7.07. The fourth-order valence-electron chi connectivity index (χ4n) is 4.39. The van der Waals surface area contributed by atoms with Crippen molar-refractivity contribution in [1.82, 2.24) is 4.57 Å². The van der Waals surface area contributed by atoms with Gasteiger partial charge in [0.25, 0.3) is 11.5 Å². The number of thiazole rings is 1. The van der Waals surface area contributed by atoms with Crippen LogP contribution in [0.4, 0.5) is 5.69 Å². The van der Waals surface area contributed by atoms with Gasteiger partial charge in [-0.25, -0.2) is 9.79 Å². The van der Waals surface area contributed by atoms with E-state index in [0.717, 1.165) is 22.6 Å². The molecule has 34 heavy (non-hydrogen) atoms. The lowest BCUT2D eigenvalue weighted by Gasteiger charge is -2.24. The van der Waals surface area contributed by atoms with Gasteiger partial charge in [0.15, 0.2) is 4.80 Å². The van der Waals surface area contributed by atoms with Gasteiger partial charge in [0.2, 0.25) is 0 Å². The number of esters is 1. The Kier molecular flexibility index (Phi) is 5.37. The smallest absolute Gasteiger partial charge is 0.338 e. The van der Waals surface area contributed by atoms with E-state index < -0.39 is 12.0 Å². The number of amides is 1. The Bertz CT molecular complexity index is 1560. The second kappa shape index (κ2) is 8.39. The zero-order chi connectivity index (χ0) is 24.0. The van der Waals surface area contributed by atoms with Gasteiger partial charge >= 0.3 is 5.97 Å². The van der Waals surface area contributed by atoms with Crippen LogP contribution in [0.1, 0.15) is 24.1 Å². The summed E-state index contributed by atoms with van der Waals surface area (Å²) in [6, 6.07) is 15.9. The van der Waals surface area contributed by atoms with Crippen LogP contribution in [0.2, 0.25) is 0 Å². The summed E-state index contributed by atoms with van der Waals surface area (Å²) in [5.41, 5.74) is 2.94. The summed E-state index contributed by atoms with van der Waals surface area (Å²) in [5.74, 6) is -0.806. The standard InChI is InChI=1S/C26H21N3O4S/c1-4-14-33-25(32)19-15(2)27-26-29(21(19)16-10-6-5-7-11-16)24(31)22(34-26)20-17-12-8-9-13-18(17)28(3)23(20)30/h4-13,21H,1,14H2,2-3H3/b22-20+. The monoisotopic (exact) mass is 471 g/mol. The summed E-state index contributed by atoms with van der Waals surface area (Å²) >= 11 is 1.16. The van der Waals surface area contributed by atoms with Gasteiger partial charge in [0.05, 0.1) is 28.6 Å². The van der Waals surface area contributed by atoms with Gasteiger partial charge in [-0.2, -0.15) is 0 Å². The summed E-state index contributed by atoms with van der Waals surface area (Å²) in [5, 5.41) is 0. The molecule has 0 saturated heterocycles. The highest BCUT2D eigenvalue weighted by atomic mass is 32.1. The first-order chi connectivity index (χ1) is 16.4. The maximum atomic E-state index is 13.9. The number of carbonyl (C=O) groups excluding carboxylic acids is 2. The molecular weight excluding hydrogens is 450 g/mol. The van der Waals surface area contributed by atoms with Crippen LogP contribution in [0.3, 0.4) is 0 Å². The zero-order valence-corrected chi connectivity index (χ0v) is 19.5. The third-order valence-electron chi connectivity index (χ3n) is 5.95. The Morgan fingerprint density at radius 3 is 2.59 bits per heavy atom. The van der Waals surface area contributed by atoms with Crippen LogP contribution < -0.4 is 19.8 Å². The van der Waals surface area contributed by atoms with E-state index in [2.05, 4.69) is 11.6 Å². The molecule has 0 fully saturated rings. The van der Waals surface area contributed by atoms with Gasteiger partial charge in [-0.1, -0.05) is 72.5 Å². The lowest BCUT2D eigenvalue weighted by molar-refractivity contribution is -0.138. The molecule has 2 aromatic carbocycles. The lowest BCUT2D eigenvalue weighted by Crippen LogP contribution is -2.40. The van der Waals surface area contributed by atoms with Crippen LogP contribution in [0, 0.1) is 0 Å². The number of rotatable bonds is 4. The molecule has 3 heterocycles. The molecule has 0 radical (unpaired) electrons. The first-order valence-corrected chi connectivity index (χ1v) is 11.5. The summed E-state index contributed by atoms with van der Waals surface area (Å²) < 4.78 is 7.13. The predicted octanol–water partition coefficient (Wildman–Crippen LogP) is 2.31. The van der Waals surface area contributed by atoms with E-state index in [9.17, 15) is 14.4 Å². The van der Waals surface area contributed by atoms with Gasteiger partial charge in [-0.15, -0.1) is 0 Å². The van der Waals surface area contributed by atoms with Crippen molar-refractivity contribution >= 4 is 34.5 Å². The molecule has 2 aliphatic rings. The van der Waals surface area contributed by atoms with Crippen LogP contribution in [0.15, 0.2) is 88.3 Å². The minimum atomic E-state index is -0.728. The van der Waals surface area contributed by atoms with E-state index in [-0.39, 0.29) is 23.6 Å². The van der Waals surface area contributed by atoms with E-state index in [4.69, 9.17) is 4.74 Å². The van der Waals surface area contributed by atoms with E-state index in [1.807, 2.05) is 54.6 Å². The maximum absolute atomic E-state index is 13.9. The Morgan fingerprint density at radius 2 is 1.85 bits per heavy atom. The van der Waals surface area contributed by atoms with Crippen LogP contribution in [0.5, 0.6) is 0 Å². The van der Waals surface area contributed by atoms with Crippen LogP contribution in [-0.4, -0.2) is 30.1 Å². The predicted molar refractivity (Wildman–Crippen MR) is 130 cm³/mol. The highest BCUT2D eigenvalue weighted by Gasteiger charge is 2.36. The number of allylic oxidation sites excluding steroid dienone is 1. The summed E-state index contributed by atoms with van der Waals surface area (Å²) in [6.07, 6.45) is 1.49. The average Bonchev–Trinajstić information content (AvgIpc) is 3.30. The van der Waals surface area contributed by atoms with Crippen molar-refractivity contribution in [2.75, 3.05) is 18.6 Å². The topological polar surface area (TPSA) is 81.0 Å². The van der Waals surface area contributed by atoms with Gasteiger partial charge < -0.3 is 9.64 Å². The second-order valence-corrected chi connectivity index (χ2v) is 8.93. The SMILES string of the molecule is C=CCOC(=O)C1=C(C)N=c2s/c(=C3/C(=O)N(C)c4ccccc43)c(=O)n2C1c1ccccc1.